The molecule has 1 fully saturated rings. The van der Waals surface area contributed by atoms with Gasteiger partial charge in [-0.25, -0.2) is 0 Å². The number of hydrogen-bond acceptors (Lipinski definition) is 3. The van der Waals surface area contributed by atoms with Crippen LogP contribution < -0.4 is 5.73 Å². The number of primary amides is 1. The second-order valence-corrected chi connectivity index (χ2v) is 3.73. The van der Waals surface area contributed by atoms with Gasteiger partial charge in [0, 0.05) is 18.8 Å². The molecule has 1 saturated heterocycles. The average Bonchev–Trinajstić information content (AvgIpc) is 1.99. The summed E-state index contributed by atoms with van der Waals surface area (Å²) in [6.07, 6.45) is 1.12. The number of hydrogen-bond donors (Lipinski definition) is 1. The minimum absolute atomic E-state index is 0.111. The predicted octanol–water partition coefficient (Wildman–Crippen LogP) is 0.611. The van der Waals surface area contributed by atoms with Crippen molar-refractivity contribution in [3.05, 3.63) is 11.3 Å². The Morgan fingerprint density at radius 1 is 1.50 bits per heavy atom. The Labute approximate surface area is 84.0 Å². The minimum Gasteiger partial charge on any atom is -0.373 e. The summed E-state index contributed by atoms with van der Waals surface area (Å²) < 4.78 is 0. The average molecular weight is 193 g/mol. The lowest BCUT2D eigenvalue weighted by Crippen LogP contribution is -2.39. The molecular formula is C10H15N3O. The van der Waals surface area contributed by atoms with Crippen molar-refractivity contribution >= 4 is 5.91 Å². The number of carbonyl (C=O) groups excluding carboxylic acids is 1. The van der Waals surface area contributed by atoms with Gasteiger partial charge in [0.05, 0.1) is 0 Å². The predicted molar refractivity (Wildman–Crippen MR) is 52.9 cm³/mol. The zero-order chi connectivity index (χ0) is 10.7. The fourth-order valence-electron chi connectivity index (χ4n) is 1.61. The second-order valence-electron chi connectivity index (χ2n) is 3.73. The van der Waals surface area contributed by atoms with Gasteiger partial charge in [-0.2, -0.15) is 5.26 Å². The first-order valence-electron chi connectivity index (χ1n) is 4.77. The Bertz CT molecular complexity index is 308. The standard InChI is InChI=1S/C10H15N3O/c1-7(2)9(13-4-3-5-13)8(6-11)10(12)14/h7H,3-5H2,1-2H3,(H2,12,14). The van der Waals surface area contributed by atoms with E-state index in [-0.39, 0.29) is 11.5 Å². The zero-order valence-electron chi connectivity index (χ0n) is 8.58. The molecular weight excluding hydrogens is 178 g/mol. The van der Waals surface area contributed by atoms with E-state index in [1.807, 2.05) is 24.8 Å². The van der Waals surface area contributed by atoms with Gasteiger partial charge in [0.1, 0.15) is 11.6 Å². The number of rotatable bonds is 3. The highest BCUT2D eigenvalue weighted by Gasteiger charge is 2.25. The van der Waals surface area contributed by atoms with E-state index in [2.05, 4.69) is 0 Å². The Hall–Kier alpha value is -1.50. The lowest BCUT2D eigenvalue weighted by atomic mass is 10.00. The van der Waals surface area contributed by atoms with Gasteiger partial charge >= 0.3 is 0 Å². The summed E-state index contributed by atoms with van der Waals surface area (Å²) in [6, 6.07) is 1.90. The van der Waals surface area contributed by atoms with Crippen LogP contribution >= 0.6 is 0 Å². The van der Waals surface area contributed by atoms with Gasteiger partial charge < -0.3 is 10.6 Å². The molecule has 1 heterocycles. The lowest BCUT2D eigenvalue weighted by Gasteiger charge is -2.37. The number of nitriles is 1. The van der Waals surface area contributed by atoms with Crippen LogP contribution in [-0.4, -0.2) is 23.9 Å². The van der Waals surface area contributed by atoms with Gasteiger partial charge in [0.25, 0.3) is 5.91 Å². The van der Waals surface area contributed by atoms with E-state index in [1.165, 1.54) is 0 Å². The molecule has 0 aromatic rings. The topological polar surface area (TPSA) is 70.1 Å². The van der Waals surface area contributed by atoms with Crippen LogP contribution in [0.15, 0.2) is 11.3 Å². The van der Waals surface area contributed by atoms with Gasteiger partial charge in [-0.05, 0) is 12.3 Å². The van der Waals surface area contributed by atoms with E-state index in [9.17, 15) is 4.79 Å². The number of nitrogens with two attached hydrogens (primary N) is 1. The fourth-order valence-corrected chi connectivity index (χ4v) is 1.61. The van der Waals surface area contributed by atoms with Crippen molar-refractivity contribution in [2.75, 3.05) is 13.1 Å². The summed E-state index contributed by atoms with van der Waals surface area (Å²) in [5.74, 6) is -0.458. The summed E-state index contributed by atoms with van der Waals surface area (Å²) >= 11 is 0. The first-order valence-corrected chi connectivity index (χ1v) is 4.77. The highest BCUT2D eigenvalue weighted by molar-refractivity contribution is 5.96. The van der Waals surface area contributed by atoms with Gasteiger partial charge in [-0.1, -0.05) is 13.8 Å². The third-order valence-electron chi connectivity index (χ3n) is 2.36. The van der Waals surface area contributed by atoms with Crippen molar-refractivity contribution in [2.45, 2.75) is 20.3 Å². The van der Waals surface area contributed by atoms with Gasteiger partial charge in [-0.15, -0.1) is 0 Å². The summed E-state index contributed by atoms with van der Waals surface area (Å²) in [4.78, 5) is 13.1. The minimum atomic E-state index is -0.622. The number of carbonyl (C=O) groups is 1. The lowest BCUT2D eigenvalue weighted by molar-refractivity contribution is -0.114. The van der Waals surface area contributed by atoms with Crippen molar-refractivity contribution in [1.29, 1.82) is 5.26 Å². The molecule has 0 aromatic carbocycles. The molecule has 4 nitrogen and oxygen atoms in total. The zero-order valence-corrected chi connectivity index (χ0v) is 8.58. The van der Waals surface area contributed by atoms with Crippen LogP contribution in [-0.2, 0) is 4.79 Å². The van der Waals surface area contributed by atoms with Crippen molar-refractivity contribution in [2.24, 2.45) is 11.7 Å². The molecule has 1 aliphatic rings. The second kappa shape index (κ2) is 4.14. The van der Waals surface area contributed by atoms with Crippen LogP contribution in [0.25, 0.3) is 0 Å². The van der Waals surface area contributed by atoms with Gasteiger partial charge in [0.15, 0.2) is 0 Å². The third-order valence-corrected chi connectivity index (χ3v) is 2.36. The Morgan fingerprint density at radius 3 is 2.29 bits per heavy atom. The van der Waals surface area contributed by atoms with Crippen LogP contribution in [0.1, 0.15) is 20.3 Å². The molecule has 0 radical (unpaired) electrons. The molecule has 2 N–H and O–H groups in total. The van der Waals surface area contributed by atoms with E-state index < -0.39 is 5.91 Å². The van der Waals surface area contributed by atoms with E-state index in [1.54, 1.807) is 0 Å². The Morgan fingerprint density at radius 2 is 2.07 bits per heavy atom. The summed E-state index contributed by atoms with van der Waals surface area (Å²) in [6.45, 7) is 5.78. The maximum absolute atomic E-state index is 11.0. The van der Waals surface area contributed by atoms with Crippen molar-refractivity contribution < 1.29 is 4.79 Å². The van der Waals surface area contributed by atoms with Crippen molar-refractivity contribution in [3.8, 4) is 6.07 Å². The molecule has 0 unspecified atom stereocenters. The molecule has 76 valence electrons. The normalized spacial score (nSPS) is 17.1. The molecule has 1 aliphatic heterocycles. The molecule has 1 rings (SSSR count). The third kappa shape index (κ3) is 1.87. The largest absolute Gasteiger partial charge is 0.373 e. The molecule has 1 amide bonds. The quantitative estimate of drug-likeness (QED) is 0.527. The van der Waals surface area contributed by atoms with E-state index in [0.717, 1.165) is 25.2 Å². The van der Waals surface area contributed by atoms with Gasteiger partial charge in [-0.3, -0.25) is 4.79 Å². The molecule has 0 bridgehead atoms. The van der Waals surface area contributed by atoms with Crippen LogP contribution in [0.2, 0.25) is 0 Å². The fraction of sp³-hybridized carbons (Fsp3) is 0.600. The molecule has 4 heteroatoms. The summed E-state index contributed by atoms with van der Waals surface area (Å²) in [7, 11) is 0. The molecule has 0 atom stereocenters. The highest BCUT2D eigenvalue weighted by Crippen LogP contribution is 2.24. The first kappa shape index (κ1) is 10.6. The van der Waals surface area contributed by atoms with Gasteiger partial charge in [0.2, 0.25) is 0 Å². The maximum Gasteiger partial charge on any atom is 0.261 e. The highest BCUT2D eigenvalue weighted by atomic mass is 16.1. The van der Waals surface area contributed by atoms with Crippen molar-refractivity contribution in [1.82, 2.24) is 4.90 Å². The van der Waals surface area contributed by atoms with Crippen molar-refractivity contribution in [3.63, 3.8) is 0 Å². The molecule has 0 aliphatic carbocycles. The van der Waals surface area contributed by atoms with E-state index >= 15 is 0 Å². The summed E-state index contributed by atoms with van der Waals surface area (Å²) in [5.41, 5.74) is 6.06. The SMILES string of the molecule is CC(C)C(=C(C#N)C(N)=O)N1CCC1. The van der Waals surface area contributed by atoms with Crippen LogP contribution in [0.3, 0.4) is 0 Å². The first-order chi connectivity index (χ1) is 6.57. The number of nitrogens with zero attached hydrogens (tertiary/aromatic N) is 2. The number of amides is 1. The Balaban J connectivity index is 3.05. The molecule has 0 saturated carbocycles. The summed E-state index contributed by atoms with van der Waals surface area (Å²) in [5, 5.41) is 8.85. The Kier molecular flexibility index (Phi) is 3.13. The maximum atomic E-state index is 11.0. The van der Waals surface area contributed by atoms with Crippen LogP contribution in [0.4, 0.5) is 0 Å². The number of allylic oxidation sites excluding steroid dienone is 1. The molecule has 14 heavy (non-hydrogen) atoms. The van der Waals surface area contributed by atoms with E-state index in [4.69, 9.17) is 11.0 Å². The van der Waals surface area contributed by atoms with Crippen LogP contribution in [0.5, 0.6) is 0 Å². The van der Waals surface area contributed by atoms with Crippen LogP contribution in [0, 0.1) is 17.2 Å². The molecule has 0 spiro atoms. The monoisotopic (exact) mass is 193 g/mol. The number of likely N-dealkylation sites (tertiary alicyclic amines) is 1. The van der Waals surface area contributed by atoms with E-state index in [0.29, 0.717) is 0 Å². The molecule has 0 aromatic heterocycles. The smallest absolute Gasteiger partial charge is 0.261 e.